The number of hydrogen-bond donors (Lipinski definition) is 1. The summed E-state index contributed by atoms with van der Waals surface area (Å²) < 4.78 is 14.0. The van der Waals surface area contributed by atoms with E-state index < -0.39 is 0 Å². The van der Waals surface area contributed by atoms with Crippen LogP contribution in [0.25, 0.3) is 0 Å². The lowest BCUT2D eigenvalue weighted by Crippen LogP contribution is -2.60. The predicted octanol–water partition coefficient (Wildman–Crippen LogP) is 3.81. The Kier molecular flexibility index (Phi) is 5.39. The van der Waals surface area contributed by atoms with Crippen molar-refractivity contribution >= 4 is 0 Å². The molecule has 1 saturated heterocycles. The number of rotatable bonds is 4. The van der Waals surface area contributed by atoms with Crippen LogP contribution in [0.2, 0.25) is 0 Å². The summed E-state index contributed by atoms with van der Waals surface area (Å²) in [5, 5.41) is 3.67. The molecule has 0 aromatic heterocycles. The average Bonchev–Trinajstić information content (AvgIpc) is 2.41. The van der Waals surface area contributed by atoms with Gasteiger partial charge in [0.05, 0.1) is 0 Å². The van der Waals surface area contributed by atoms with Gasteiger partial charge < -0.3 is 5.32 Å². The second-order valence-electron chi connectivity index (χ2n) is 7.30. The summed E-state index contributed by atoms with van der Waals surface area (Å²) in [7, 11) is 0. The van der Waals surface area contributed by atoms with Crippen molar-refractivity contribution in [2.45, 2.75) is 59.2 Å². The van der Waals surface area contributed by atoms with Gasteiger partial charge in [-0.3, -0.25) is 4.90 Å². The van der Waals surface area contributed by atoms with E-state index in [2.05, 4.69) is 37.9 Å². The normalized spacial score (nSPS) is 24.2. The highest BCUT2D eigenvalue weighted by Gasteiger charge is 2.35. The molecule has 21 heavy (non-hydrogen) atoms. The molecule has 2 atom stereocenters. The molecule has 1 aromatic carbocycles. The van der Waals surface area contributed by atoms with Crippen molar-refractivity contribution < 1.29 is 4.39 Å². The number of nitrogens with one attached hydrogen (secondary N) is 1. The van der Waals surface area contributed by atoms with E-state index in [-0.39, 0.29) is 11.2 Å². The van der Waals surface area contributed by atoms with Gasteiger partial charge in [0, 0.05) is 37.3 Å². The SMILES string of the molecule is CCCC1CN(Cc2ccccc2F)C(C(C)(C)C)CN1. The minimum Gasteiger partial charge on any atom is -0.311 e. The van der Waals surface area contributed by atoms with Crippen molar-refractivity contribution in [3.8, 4) is 0 Å². The summed E-state index contributed by atoms with van der Waals surface area (Å²) in [6, 6.07) is 8.12. The first kappa shape index (κ1) is 16.4. The number of hydrogen-bond acceptors (Lipinski definition) is 2. The maximum atomic E-state index is 14.0. The molecule has 0 amide bonds. The van der Waals surface area contributed by atoms with E-state index in [0.29, 0.717) is 18.6 Å². The van der Waals surface area contributed by atoms with Crippen LogP contribution in [0, 0.1) is 11.2 Å². The van der Waals surface area contributed by atoms with Gasteiger partial charge in [-0.2, -0.15) is 0 Å². The van der Waals surface area contributed by atoms with E-state index in [4.69, 9.17) is 0 Å². The monoisotopic (exact) mass is 292 g/mol. The van der Waals surface area contributed by atoms with Crippen molar-refractivity contribution in [2.24, 2.45) is 5.41 Å². The van der Waals surface area contributed by atoms with Crippen molar-refractivity contribution in [2.75, 3.05) is 13.1 Å². The molecule has 2 rings (SSSR count). The van der Waals surface area contributed by atoms with E-state index in [0.717, 1.165) is 18.7 Å². The maximum Gasteiger partial charge on any atom is 0.127 e. The predicted molar refractivity (Wildman–Crippen MR) is 86.8 cm³/mol. The van der Waals surface area contributed by atoms with Gasteiger partial charge in [-0.1, -0.05) is 52.3 Å². The van der Waals surface area contributed by atoms with Crippen LogP contribution in [-0.2, 0) is 6.54 Å². The molecule has 118 valence electrons. The molecule has 1 aliphatic rings. The van der Waals surface area contributed by atoms with Gasteiger partial charge in [-0.15, -0.1) is 0 Å². The first-order valence-corrected chi connectivity index (χ1v) is 8.12. The third-order valence-corrected chi connectivity index (χ3v) is 4.46. The van der Waals surface area contributed by atoms with Gasteiger partial charge >= 0.3 is 0 Å². The molecule has 0 saturated carbocycles. The summed E-state index contributed by atoms with van der Waals surface area (Å²) in [5.74, 6) is -0.0873. The highest BCUT2D eigenvalue weighted by atomic mass is 19.1. The molecule has 1 fully saturated rings. The molecule has 0 spiro atoms. The molecule has 1 heterocycles. The Labute approximate surface area is 128 Å². The Morgan fingerprint density at radius 3 is 2.62 bits per heavy atom. The third kappa shape index (κ3) is 4.27. The number of piperazine rings is 1. The largest absolute Gasteiger partial charge is 0.311 e. The molecule has 1 aliphatic heterocycles. The Bertz CT molecular complexity index is 453. The number of benzene rings is 1. The molecule has 3 heteroatoms. The minimum absolute atomic E-state index is 0.0873. The van der Waals surface area contributed by atoms with Crippen molar-refractivity contribution in [1.82, 2.24) is 10.2 Å². The fourth-order valence-corrected chi connectivity index (χ4v) is 3.30. The lowest BCUT2D eigenvalue weighted by Gasteiger charge is -2.46. The Balaban J connectivity index is 2.15. The van der Waals surface area contributed by atoms with Gasteiger partial charge in [0.1, 0.15) is 5.82 Å². The van der Waals surface area contributed by atoms with E-state index in [1.54, 1.807) is 12.1 Å². The lowest BCUT2D eigenvalue weighted by atomic mass is 9.83. The summed E-state index contributed by atoms with van der Waals surface area (Å²) in [6.07, 6.45) is 2.37. The van der Waals surface area contributed by atoms with Crippen LogP contribution in [0.1, 0.15) is 46.1 Å². The van der Waals surface area contributed by atoms with Crippen LogP contribution in [0.5, 0.6) is 0 Å². The first-order chi connectivity index (χ1) is 9.91. The van der Waals surface area contributed by atoms with Crippen LogP contribution in [0.3, 0.4) is 0 Å². The summed E-state index contributed by atoms with van der Waals surface area (Å²) in [5.41, 5.74) is 0.999. The van der Waals surface area contributed by atoms with E-state index in [9.17, 15) is 4.39 Å². The van der Waals surface area contributed by atoms with Gasteiger partial charge in [-0.25, -0.2) is 4.39 Å². The molecule has 0 radical (unpaired) electrons. The smallest absolute Gasteiger partial charge is 0.127 e. The highest BCUT2D eigenvalue weighted by Crippen LogP contribution is 2.28. The quantitative estimate of drug-likeness (QED) is 0.907. The topological polar surface area (TPSA) is 15.3 Å². The fraction of sp³-hybridized carbons (Fsp3) is 0.667. The standard InChI is InChI=1S/C18H29FN2/c1-5-8-15-13-21(17(11-20-15)18(2,3)4)12-14-9-6-7-10-16(14)19/h6-7,9-10,15,17,20H,5,8,11-13H2,1-4H3. The fourth-order valence-electron chi connectivity index (χ4n) is 3.30. The molecule has 0 aliphatic carbocycles. The van der Waals surface area contributed by atoms with Crippen LogP contribution < -0.4 is 5.32 Å². The zero-order valence-corrected chi connectivity index (χ0v) is 13.8. The van der Waals surface area contributed by atoms with E-state index in [1.807, 2.05) is 12.1 Å². The third-order valence-electron chi connectivity index (χ3n) is 4.46. The van der Waals surface area contributed by atoms with E-state index >= 15 is 0 Å². The highest BCUT2D eigenvalue weighted by molar-refractivity contribution is 5.17. The van der Waals surface area contributed by atoms with Crippen molar-refractivity contribution in [3.05, 3.63) is 35.6 Å². The number of halogens is 1. The summed E-state index contributed by atoms with van der Waals surface area (Å²) in [4.78, 5) is 2.47. The van der Waals surface area contributed by atoms with Gasteiger partial charge in [-0.05, 0) is 17.9 Å². The van der Waals surface area contributed by atoms with Crippen LogP contribution in [-0.4, -0.2) is 30.1 Å². The molecular weight excluding hydrogens is 263 g/mol. The lowest BCUT2D eigenvalue weighted by molar-refractivity contribution is 0.0466. The summed E-state index contributed by atoms with van der Waals surface area (Å²) >= 11 is 0. The second kappa shape index (κ2) is 6.89. The van der Waals surface area contributed by atoms with Gasteiger partial charge in [0.15, 0.2) is 0 Å². The summed E-state index contributed by atoms with van der Waals surface area (Å²) in [6.45, 7) is 11.7. The van der Waals surface area contributed by atoms with Crippen LogP contribution >= 0.6 is 0 Å². The zero-order chi connectivity index (χ0) is 15.5. The molecular formula is C18H29FN2. The zero-order valence-electron chi connectivity index (χ0n) is 13.8. The molecule has 1 aromatic rings. The van der Waals surface area contributed by atoms with E-state index in [1.165, 1.54) is 12.8 Å². The van der Waals surface area contributed by atoms with Crippen molar-refractivity contribution in [3.63, 3.8) is 0 Å². The maximum absolute atomic E-state index is 14.0. The average molecular weight is 292 g/mol. The second-order valence-corrected chi connectivity index (χ2v) is 7.30. The molecule has 2 unspecified atom stereocenters. The van der Waals surface area contributed by atoms with Gasteiger partial charge in [0.2, 0.25) is 0 Å². The first-order valence-electron chi connectivity index (χ1n) is 8.12. The van der Waals surface area contributed by atoms with Gasteiger partial charge in [0.25, 0.3) is 0 Å². The molecule has 2 nitrogen and oxygen atoms in total. The molecule has 1 N–H and O–H groups in total. The van der Waals surface area contributed by atoms with Crippen molar-refractivity contribution in [1.29, 1.82) is 0 Å². The van der Waals surface area contributed by atoms with Crippen LogP contribution in [0.15, 0.2) is 24.3 Å². The Hall–Kier alpha value is -0.930. The minimum atomic E-state index is -0.0873. The van der Waals surface area contributed by atoms with Crippen LogP contribution in [0.4, 0.5) is 4.39 Å². The molecule has 0 bridgehead atoms. The Morgan fingerprint density at radius 1 is 1.29 bits per heavy atom. The Morgan fingerprint density at radius 2 is 2.00 bits per heavy atom. The number of nitrogens with zero attached hydrogens (tertiary/aromatic N) is 1.